The van der Waals surface area contributed by atoms with Gasteiger partial charge >= 0.3 is 0 Å². The summed E-state index contributed by atoms with van der Waals surface area (Å²) in [6, 6.07) is 7.03. The highest BCUT2D eigenvalue weighted by molar-refractivity contribution is 6.24. The molecule has 1 unspecified atom stereocenters. The van der Waals surface area contributed by atoms with E-state index in [2.05, 4.69) is 18.8 Å². The Bertz CT molecular complexity index is 626. The number of ketones is 2. The van der Waals surface area contributed by atoms with E-state index >= 15 is 0 Å². The van der Waals surface area contributed by atoms with Gasteiger partial charge in [-0.1, -0.05) is 37.6 Å². The highest BCUT2D eigenvalue weighted by atomic mass is 16.1. The predicted octanol–water partition coefficient (Wildman–Crippen LogP) is 3.82. The van der Waals surface area contributed by atoms with E-state index in [9.17, 15) is 9.59 Å². The van der Waals surface area contributed by atoms with Crippen molar-refractivity contribution in [3.05, 3.63) is 47.0 Å². The van der Waals surface area contributed by atoms with Crippen LogP contribution in [-0.4, -0.2) is 11.6 Å². The zero-order chi connectivity index (χ0) is 14.5. The van der Waals surface area contributed by atoms with Crippen LogP contribution in [0, 0.1) is 17.8 Å². The second-order valence-corrected chi connectivity index (χ2v) is 5.02. The summed E-state index contributed by atoms with van der Waals surface area (Å²) in [6.45, 7) is 3.91. The van der Waals surface area contributed by atoms with Gasteiger partial charge in [0.15, 0.2) is 11.6 Å². The topological polar surface area (TPSA) is 34.1 Å². The van der Waals surface area contributed by atoms with Crippen molar-refractivity contribution in [1.82, 2.24) is 0 Å². The van der Waals surface area contributed by atoms with Gasteiger partial charge in [0.2, 0.25) is 0 Å². The van der Waals surface area contributed by atoms with Crippen LogP contribution in [0.1, 0.15) is 53.8 Å². The van der Waals surface area contributed by atoms with Gasteiger partial charge in [0.25, 0.3) is 0 Å². The van der Waals surface area contributed by atoms with E-state index in [0.29, 0.717) is 29.0 Å². The van der Waals surface area contributed by atoms with Crippen LogP contribution in [0.2, 0.25) is 0 Å². The summed E-state index contributed by atoms with van der Waals surface area (Å²) in [6.07, 6.45) is 3.86. The Morgan fingerprint density at radius 3 is 2.50 bits per heavy atom. The number of allylic oxidation sites excluding steroid dienone is 2. The molecule has 0 fully saturated rings. The normalized spacial score (nSPS) is 15.0. The standard InChI is InChI=1S/C18H18O2/c1-3-5-8-13(4-2)11-14-12-17(19)15-9-6-7-10-16(15)18(14)20/h6-7,9-10,12-13H,4,8,11H2,1-2H3. The number of fused-ring (bicyclic) bond motifs is 1. The molecule has 0 saturated carbocycles. The molecule has 1 aromatic rings. The van der Waals surface area contributed by atoms with Crippen molar-refractivity contribution in [1.29, 1.82) is 0 Å². The summed E-state index contributed by atoms with van der Waals surface area (Å²) in [7, 11) is 0. The SMILES string of the molecule is CC#CCC(CC)CC1=CC(=O)c2ccccc2C1=O. The van der Waals surface area contributed by atoms with Gasteiger partial charge in [-0.2, -0.15) is 0 Å². The number of carbonyl (C=O) groups excluding carboxylic acids is 2. The van der Waals surface area contributed by atoms with E-state index in [-0.39, 0.29) is 11.6 Å². The van der Waals surface area contributed by atoms with Gasteiger partial charge in [0.05, 0.1) is 0 Å². The quantitative estimate of drug-likeness (QED) is 0.776. The molecule has 2 heteroatoms. The van der Waals surface area contributed by atoms with Gasteiger partial charge < -0.3 is 0 Å². The molecule has 2 nitrogen and oxygen atoms in total. The molecule has 1 aliphatic rings. The summed E-state index contributed by atoms with van der Waals surface area (Å²) in [5.74, 6) is 6.20. The molecule has 0 radical (unpaired) electrons. The molecule has 0 spiro atoms. The fourth-order valence-corrected chi connectivity index (χ4v) is 2.44. The number of benzene rings is 1. The first-order valence-electron chi connectivity index (χ1n) is 6.95. The summed E-state index contributed by atoms with van der Waals surface area (Å²) in [5, 5.41) is 0. The molecule has 0 aliphatic heterocycles. The minimum absolute atomic E-state index is 0.0110. The summed E-state index contributed by atoms with van der Waals surface area (Å²) in [4.78, 5) is 24.5. The monoisotopic (exact) mass is 266 g/mol. The zero-order valence-electron chi connectivity index (χ0n) is 11.9. The van der Waals surface area contributed by atoms with Crippen molar-refractivity contribution < 1.29 is 9.59 Å². The minimum atomic E-state index is -0.0633. The molecule has 0 amide bonds. The van der Waals surface area contributed by atoms with Crippen LogP contribution in [0.4, 0.5) is 0 Å². The van der Waals surface area contributed by atoms with Crippen molar-refractivity contribution in [2.45, 2.75) is 33.1 Å². The van der Waals surface area contributed by atoms with E-state index in [0.717, 1.165) is 12.8 Å². The first-order chi connectivity index (χ1) is 9.67. The van der Waals surface area contributed by atoms with Crippen molar-refractivity contribution in [2.24, 2.45) is 5.92 Å². The van der Waals surface area contributed by atoms with Crippen LogP contribution in [0.5, 0.6) is 0 Å². The van der Waals surface area contributed by atoms with Crippen LogP contribution >= 0.6 is 0 Å². The minimum Gasteiger partial charge on any atom is -0.289 e. The maximum atomic E-state index is 12.4. The second kappa shape index (κ2) is 6.34. The molecule has 0 N–H and O–H groups in total. The first kappa shape index (κ1) is 14.3. The van der Waals surface area contributed by atoms with Gasteiger partial charge in [0, 0.05) is 23.1 Å². The molecular weight excluding hydrogens is 248 g/mol. The third kappa shape index (κ3) is 2.88. The first-order valence-corrected chi connectivity index (χ1v) is 6.95. The maximum absolute atomic E-state index is 12.4. The van der Waals surface area contributed by atoms with Crippen LogP contribution in [0.25, 0.3) is 0 Å². The largest absolute Gasteiger partial charge is 0.289 e. The van der Waals surface area contributed by atoms with Crippen LogP contribution in [0.15, 0.2) is 35.9 Å². The molecule has 0 bridgehead atoms. The second-order valence-electron chi connectivity index (χ2n) is 5.02. The molecule has 102 valence electrons. The smallest absolute Gasteiger partial charge is 0.189 e. The number of hydrogen-bond donors (Lipinski definition) is 0. The average Bonchev–Trinajstić information content (AvgIpc) is 2.48. The zero-order valence-corrected chi connectivity index (χ0v) is 11.9. The maximum Gasteiger partial charge on any atom is 0.189 e. The van der Waals surface area contributed by atoms with Crippen LogP contribution < -0.4 is 0 Å². The number of rotatable bonds is 4. The molecule has 0 saturated heterocycles. The molecule has 1 aromatic carbocycles. The lowest BCUT2D eigenvalue weighted by Gasteiger charge is -2.18. The van der Waals surface area contributed by atoms with Crippen molar-refractivity contribution in [3.8, 4) is 11.8 Å². The molecule has 20 heavy (non-hydrogen) atoms. The van der Waals surface area contributed by atoms with Gasteiger partial charge in [-0.3, -0.25) is 9.59 Å². The molecule has 0 aromatic heterocycles. The number of Topliss-reactive ketones (excluding diaryl/α,β-unsaturated/α-hetero) is 1. The molecular formula is C18H18O2. The molecule has 1 aliphatic carbocycles. The molecule has 2 rings (SSSR count). The van der Waals surface area contributed by atoms with E-state index < -0.39 is 0 Å². The Balaban J connectivity index is 2.23. The molecule has 1 atom stereocenters. The fraction of sp³-hybridized carbons (Fsp3) is 0.333. The van der Waals surface area contributed by atoms with Gasteiger partial charge in [0.1, 0.15) is 0 Å². The lowest BCUT2D eigenvalue weighted by Crippen LogP contribution is -2.18. The van der Waals surface area contributed by atoms with Crippen molar-refractivity contribution in [3.63, 3.8) is 0 Å². The number of carbonyl (C=O) groups is 2. The van der Waals surface area contributed by atoms with Gasteiger partial charge in [-0.05, 0) is 25.3 Å². The molecule has 0 heterocycles. The Kier molecular flexibility index (Phi) is 4.53. The van der Waals surface area contributed by atoms with E-state index in [1.54, 1.807) is 24.3 Å². The lowest BCUT2D eigenvalue weighted by molar-refractivity contribution is 0.0979. The summed E-state index contributed by atoms with van der Waals surface area (Å²) in [5.41, 5.74) is 1.67. The number of hydrogen-bond acceptors (Lipinski definition) is 2. The van der Waals surface area contributed by atoms with Gasteiger partial charge in [-0.25, -0.2) is 0 Å². The van der Waals surface area contributed by atoms with Crippen LogP contribution in [0.3, 0.4) is 0 Å². The predicted molar refractivity (Wildman–Crippen MR) is 79.7 cm³/mol. The Morgan fingerprint density at radius 1 is 1.15 bits per heavy atom. The third-order valence-electron chi connectivity index (χ3n) is 3.69. The highest BCUT2D eigenvalue weighted by Crippen LogP contribution is 2.27. The van der Waals surface area contributed by atoms with Crippen molar-refractivity contribution >= 4 is 11.6 Å². The summed E-state index contributed by atoms with van der Waals surface area (Å²) < 4.78 is 0. The van der Waals surface area contributed by atoms with E-state index in [4.69, 9.17) is 0 Å². The summed E-state index contributed by atoms with van der Waals surface area (Å²) >= 11 is 0. The highest BCUT2D eigenvalue weighted by Gasteiger charge is 2.26. The van der Waals surface area contributed by atoms with Crippen LogP contribution in [-0.2, 0) is 0 Å². The van der Waals surface area contributed by atoms with E-state index in [1.807, 2.05) is 6.92 Å². The average molecular weight is 266 g/mol. The lowest BCUT2D eigenvalue weighted by atomic mass is 9.84. The third-order valence-corrected chi connectivity index (χ3v) is 3.69. The van der Waals surface area contributed by atoms with E-state index in [1.165, 1.54) is 6.08 Å². The van der Waals surface area contributed by atoms with Crippen molar-refractivity contribution in [2.75, 3.05) is 0 Å². The van der Waals surface area contributed by atoms with Gasteiger partial charge in [-0.15, -0.1) is 11.8 Å². The Morgan fingerprint density at radius 2 is 1.85 bits per heavy atom. The fourth-order valence-electron chi connectivity index (χ4n) is 2.44. The Labute approximate surface area is 119 Å². The Hall–Kier alpha value is -2.14.